The van der Waals surface area contributed by atoms with Crippen LogP contribution in [-0.2, 0) is 9.59 Å². The molecular weight excluding hydrogens is 271 g/mol. The molecular formula is C16H25FN2O2. The molecule has 2 atom stereocenters. The number of carbonyl (C=O) groups excluding carboxylic acids is 2. The first-order valence-corrected chi connectivity index (χ1v) is 8.39. The van der Waals surface area contributed by atoms with E-state index in [4.69, 9.17) is 0 Å². The van der Waals surface area contributed by atoms with E-state index in [0.29, 0.717) is 18.9 Å². The molecule has 4 nitrogen and oxygen atoms in total. The van der Waals surface area contributed by atoms with Gasteiger partial charge in [0.25, 0.3) is 0 Å². The summed E-state index contributed by atoms with van der Waals surface area (Å²) >= 11 is 0. The van der Waals surface area contributed by atoms with E-state index >= 15 is 0 Å². The van der Waals surface area contributed by atoms with Crippen molar-refractivity contribution in [3.63, 3.8) is 0 Å². The van der Waals surface area contributed by atoms with E-state index in [1.807, 2.05) is 0 Å². The molecule has 118 valence electrons. The molecule has 3 aliphatic rings. The average Bonchev–Trinajstić information content (AvgIpc) is 3.33. The number of halogens is 1. The number of piperazine rings is 1. The van der Waals surface area contributed by atoms with Gasteiger partial charge in [-0.1, -0.05) is 19.3 Å². The van der Waals surface area contributed by atoms with E-state index in [1.165, 1.54) is 6.42 Å². The highest BCUT2D eigenvalue weighted by Crippen LogP contribution is 2.38. The molecule has 2 aliphatic carbocycles. The van der Waals surface area contributed by atoms with Crippen molar-refractivity contribution in [1.82, 2.24) is 10.2 Å². The van der Waals surface area contributed by atoms with Crippen LogP contribution in [0.15, 0.2) is 0 Å². The van der Waals surface area contributed by atoms with E-state index in [0.717, 1.165) is 38.5 Å². The molecule has 1 aliphatic heterocycles. The maximum absolute atomic E-state index is 12.8. The van der Waals surface area contributed by atoms with Crippen LogP contribution in [0.3, 0.4) is 0 Å². The Morgan fingerprint density at radius 3 is 2.38 bits per heavy atom. The number of nitrogens with zero attached hydrogens (tertiary/aromatic N) is 1. The monoisotopic (exact) mass is 296 g/mol. The molecule has 0 spiro atoms. The number of nitrogens with one attached hydrogen (secondary N) is 1. The summed E-state index contributed by atoms with van der Waals surface area (Å²) < 4.78 is 12.5. The van der Waals surface area contributed by atoms with Crippen LogP contribution >= 0.6 is 0 Å². The summed E-state index contributed by atoms with van der Waals surface area (Å²) in [7, 11) is 0. The first-order chi connectivity index (χ1) is 10.2. The molecule has 0 aromatic carbocycles. The lowest BCUT2D eigenvalue weighted by atomic mass is 9.82. The average molecular weight is 296 g/mol. The van der Waals surface area contributed by atoms with Crippen molar-refractivity contribution in [3.05, 3.63) is 0 Å². The van der Waals surface area contributed by atoms with Crippen molar-refractivity contribution in [2.45, 2.75) is 63.5 Å². The lowest BCUT2D eigenvalue weighted by molar-refractivity contribution is -0.152. The van der Waals surface area contributed by atoms with E-state index in [1.54, 1.807) is 4.90 Å². The Labute approximate surface area is 125 Å². The minimum atomic E-state index is -0.434. The Balaban J connectivity index is 1.74. The number of hydrogen-bond acceptors (Lipinski definition) is 2. The molecule has 1 saturated heterocycles. The van der Waals surface area contributed by atoms with Gasteiger partial charge in [0.15, 0.2) is 0 Å². The molecule has 2 unspecified atom stereocenters. The Hall–Kier alpha value is -1.13. The molecule has 3 fully saturated rings. The minimum absolute atomic E-state index is 0.00784. The van der Waals surface area contributed by atoms with Crippen molar-refractivity contribution in [2.24, 2.45) is 11.8 Å². The van der Waals surface area contributed by atoms with Gasteiger partial charge in [-0.2, -0.15) is 0 Å². The molecule has 0 aromatic heterocycles. The van der Waals surface area contributed by atoms with Gasteiger partial charge in [0, 0.05) is 6.54 Å². The maximum atomic E-state index is 12.8. The number of alkyl halides is 1. The predicted octanol–water partition coefficient (Wildman–Crippen LogP) is 2.03. The lowest BCUT2D eigenvalue weighted by Crippen LogP contribution is -2.66. The van der Waals surface area contributed by atoms with Gasteiger partial charge < -0.3 is 10.2 Å². The van der Waals surface area contributed by atoms with Gasteiger partial charge >= 0.3 is 0 Å². The van der Waals surface area contributed by atoms with Crippen molar-refractivity contribution in [1.29, 1.82) is 0 Å². The van der Waals surface area contributed by atoms with Crippen molar-refractivity contribution in [2.75, 3.05) is 13.2 Å². The summed E-state index contributed by atoms with van der Waals surface area (Å²) in [6.45, 7) is -0.0516. The summed E-state index contributed by atoms with van der Waals surface area (Å²) in [5, 5.41) is 2.99. The van der Waals surface area contributed by atoms with Crippen LogP contribution in [0.2, 0.25) is 0 Å². The Kier molecular flexibility index (Phi) is 4.45. The van der Waals surface area contributed by atoms with Gasteiger partial charge in [-0.3, -0.25) is 14.0 Å². The summed E-state index contributed by atoms with van der Waals surface area (Å²) in [5.41, 5.74) is 0. The molecule has 1 heterocycles. The van der Waals surface area contributed by atoms with Crippen molar-refractivity contribution in [3.8, 4) is 0 Å². The third-order valence-electron chi connectivity index (χ3n) is 5.17. The first kappa shape index (κ1) is 14.8. The largest absolute Gasteiger partial charge is 0.342 e. The number of amides is 2. The third kappa shape index (κ3) is 3.06. The fourth-order valence-electron chi connectivity index (χ4n) is 3.90. The second kappa shape index (κ2) is 6.32. The zero-order valence-electron chi connectivity index (χ0n) is 12.5. The van der Waals surface area contributed by atoms with Gasteiger partial charge in [0.05, 0.1) is 6.67 Å². The molecule has 3 rings (SSSR count). The SMILES string of the molecule is O=C1NC(C2CCCCC2)C(=O)N(CCCF)C1C1CC1. The van der Waals surface area contributed by atoms with Crippen molar-refractivity contribution >= 4 is 11.8 Å². The molecule has 2 saturated carbocycles. The van der Waals surface area contributed by atoms with E-state index in [-0.39, 0.29) is 29.8 Å². The standard InChI is InChI=1S/C16H25FN2O2/c17-9-4-10-19-14(12-7-8-12)15(20)18-13(16(19)21)11-5-2-1-3-6-11/h11-14H,1-10H2,(H,18,20). The van der Waals surface area contributed by atoms with Gasteiger partial charge in [0.2, 0.25) is 11.8 Å². The van der Waals surface area contributed by atoms with Crippen LogP contribution in [0.4, 0.5) is 4.39 Å². The summed E-state index contributed by atoms with van der Waals surface area (Å²) in [5.74, 6) is 0.586. The normalized spacial score (nSPS) is 31.4. The third-order valence-corrected chi connectivity index (χ3v) is 5.17. The van der Waals surface area contributed by atoms with Crippen LogP contribution in [0.25, 0.3) is 0 Å². The topological polar surface area (TPSA) is 49.4 Å². The molecule has 0 aromatic rings. The molecule has 5 heteroatoms. The Morgan fingerprint density at radius 1 is 1.05 bits per heavy atom. The van der Waals surface area contributed by atoms with Crippen LogP contribution in [0.5, 0.6) is 0 Å². The van der Waals surface area contributed by atoms with Gasteiger partial charge in [-0.25, -0.2) is 0 Å². The first-order valence-electron chi connectivity index (χ1n) is 8.39. The smallest absolute Gasteiger partial charge is 0.246 e. The Morgan fingerprint density at radius 2 is 1.76 bits per heavy atom. The minimum Gasteiger partial charge on any atom is -0.342 e. The van der Waals surface area contributed by atoms with Crippen LogP contribution in [-0.4, -0.2) is 42.0 Å². The van der Waals surface area contributed by atoms with Gasteiger partial charge in [-0.15, -0.1) is 0 Å². The maximum Gasteiger partial charge on any atom is 0.246 e. The van der Waals surface area contributed by atoms with E-state index in [2.05, 4.69) is 5.32 Å². The van der Waals surface area contributed by atoms with Crippen LogP contribution in [0, 0.1) is 11.8 Å². The Bertz CT molecular complexity index is 405. The fourth-order valence-corrected chi connectivity index (χ4v) is 3.90. The highest BCUT2D eigenvalue weighted by atomic mass is 19.1. The summed E-state index contributed by atoms with van der Waals surface area (Å²) in [6.07, 6.45) is 7.88. The van der Waals surface area contributed by atoms with E-state index < -0.39 is 6.67 Å². The highest BCUT2D eigenvalue weighted by molar-refractivity contribution is 5.97. The molecule has 0 bridgehead atoms. The van der Waals surface area contributed by atoms with Gasteiger partial charge in [-0.05, 0) is 43.9 Å². The van der Waals surface area contributed by atoms with Crippen molar-refractivity contribution < 1.29 is 14.0 Å². The number of carbonyl (C=O) groups is 2. The molecule has 0 radical (unpaired) electrons. The lowest BCUT2D eigenvalue weighted by Gasteiger charge is -2.42. The second-order valence-electron chi connectivity index (χ2n) is 6.74. The number of rotatable bonds is 5. The van der Waals surface area contributed by atoms with E-state index in [9.17, 15) is 14.0 Å². The van der Waals surface area contributed by atoms with Crippen LogP contribution < -0.4 is 5.32 Å². The van der Waals surface area contributed by atoms with Gasteiger partial charge in [0.1, 0.15) is 12.1 Å². The molecule has 1 N–H and O–H groups in total. The second-order valence-corrected chi connectivity index (χ2v) is 6.74. The highest BCUT2D eigenvalue weighted by Gasteiger charge is 2.49. The predicted molar refractivity (Wildman–Crippen MR) is 77.3 cm³/mol. The number of hydrogen-bond donors (Lipinski definition) is 1. The summed E-state index contributed by atoms with van der Waals surface area (Å²) in [6, 6.07) is -0.712. The molecule has 2 amide bonds. The zero-order valence-corrected chi connectivity index (χ0v) is 12.5. The fraction of sp³-hybridized carbons (Fsp3) is 0.875. The zero-order chi connectivity index (χ0) is 14.8. The quantitative estimate of drug-likeness (QED) is 0.844. The molecule has 21 heavy (non-hydrogen) atoms. The summed E-state index contributed by atoms with van der Waals surface area (Å²) in [4.78, 5) is 26.9. The van der Waals surface area contributed by atoms with Crippen LogP contribution in [0.1, 0.15) is 51.4 Å².